The smallest absolute Gasteiger partial charge is 0.292 e. The van der Waals surface area contributed by atoms with Crippen LogP contribution in [0.1, 0.15) is 6.42 Å². The highest BCUT2D eigenvalue weighted by Gasteiger charge is 2.03. The summed E-state index contributed by atoms with van der Waals surface area (Å²) in [6.45, 7) is 2.53. The molecule has 0 unspecified atom stereocenters. The molecule has 1 heterocycles. The molecule has 0 aliphatic rings. The summed E-state index contributed by atoms with van der Waals surface area (Å²) in [5.41, 5.74) is 5.34. The molecule has 5 heteroatoms. The van der Waals surface area contributed by atoms with Crippen LogP contribution in [0.5, 0.6) is 5.75 Å². The number of aryl methyl sites for hydroxylation is 1. The Kier molecular flexibility index (Phi) is 5.72. The minimum atomic E-state index is -0.0836. The second-order valence-corrected chi connectivity index (χ2v) is 4.16. The van der Waals surface area contributed by atoms with Crippen molar-refractivity contribution in [3.63, 3.8) is 0 Å². The van der Waals surface area contributed by atoms with Gasteiger partial charge in [0.1, 0.15) is 6.61 Å². The maximum Gasteiger partial charge on any atom is 0.292 e. The first-order valence-electron chi connectivity index (χ1n) is 5.82. The van der Waals surface area contributed by atoms with Crippen molar-refractivity contribution >= 4 is 0 Å². The number of rotatable bonds is 7. The van der Waals surface area contributed by atoms with Gasteiger partial charge in [0.25, 0.3) is 5.56 Å². The van der Waals surface area contributed by atoms with E-state index in [1.165, 1.54) is 0 Å². The van der Waals surface area contributed by atoms with Gasteiger partial charge >= 0.3 is 0 Å². The first kappa shape index (κ1) is 13.7. The molecule has 2 N–H and O–H groups in total. The standard InChI is InChI=1S/C12H21N3O2/c1-14(2)9-10-17-11-5-3-7-15(12(11)16)8-4-6-13/h3,5,7H,4,6,8-10,13H2,1-2H3. The van der Waals surface area contributed by atoms with Gasteiger partial charge in [-0.3, -0.25) is 4.79 Å². The van der Waals surface area contributed by atoms with E-state index in [1.807, 2.05) is 25.1 Å². The third-order valence-electron chi connectivity index (χ3n) is 2.38. The number of hydrogen-bond donors (Lipinski definition) is 1. The summed E-state index contributed by atoms with van der Waals surface area (Å²) >= 11 is 0. The highest BCUT2D eigenvalue weighted by molar-refractivity contribution is 5.17. The van der Waals surface area contributed by atoms with E-state index in [1.54, 1.807) is 16.8 Å². The Morgan fingerprint density at radius 2 is 2.24 bits per heavy atom. The molecule has 1 aromatic rings. The first-order chi connectivity index (χ1) is 8.15. The van der Waals surface area contributed by atoms with Gasteiger partial charge in [-0.1, -0.05) is 0 Å². The summed E-state index contributed by atoms with van der Waals surface area (Å²) in [6, 6.07) is 3.53. The van der Waals surface area contributed by atoms with E-state index in [9.17, 15) is 4.79 Å². The molecule has 17 heavy (non-hydrogen) atoms. The van der Waals surface area contributed by atoms with Crippen LogP contribution in [0.25, 0.3) is 0 Å². The van der Waals surface area contributed by atoms with Gasteiger partial charge in [-0.2, -0.15) is 0 Å². The molecule has 0 aliphatic heterocycles. The Bertz CT molecular complexity index is 388. The highest BCUT2D eigenvalue weighted by atomic mass is 16.5. The zero-order valence-corrected chi connectivity index (χ0v) is 10.6. The van der Waals surface area contributed by atoms with E-state index in [-0.39, 0.29) is 5.56 Å². The highest BCUT2D eigenvalue weighted by Crippen LogP contribution is 2.02. The fourth-order valence-electron chi connectivity index (χ4n) is 1.40. The number of ether oxygens (including phenoxy) is 1. The van der Waals surface area contributed by atoms with Crippen LogP contribution >= 0.6 is 0 Å². The van der Waals surface area contributed by atoms with Crippen LogP contribution in [0.3, 0.4) is 0 Å². The summed E-state index contributed by atoms with van der Waals surface area (Å²) in [5.74, 6) is 0.409. The molecule has 0 aromatic carbocycles. The zero-order valence-electron chi connectivity index (χ0n) is 10.6. The number of likely N-dealkylation sites (N-methyl/N-ethyl adjacent to an activating group) is 1. The topological polar surface area (TPSA) is 60.5 Å². The van der Waals surface area contributed by atoms with E-state index < -0.39 is 0 Å². The van der Waals surface area contributed by atoms with E-state index >= 15 is 0 Å². The van der Waals surface area contributed by atoms with Gasteiger partial charge in [-0.15, -0.1) is 0 Å². The van der Waals surface area contributed by atoms with Gasteiger partial charge < -0.3 is 19.9 Å². The number of pyridine rings is 1. The number of hydrogen-bond acceptors (Lipinski definition) is 4. The van der Waals surface area contributed by atoms with Crippen molar-refractivity contribution in [1.82, 2.24) is 9.47 Å². The van der Waals surface area contributed by atoms with Crippen LogP contribution in [0.15, 0.2) is 23.1 Å². The summed E-state index contributed by atoms with van der Waals surface area (Å²) in [5, 5.41) is 0. The van der Waals surface area contributed by atoms with Crippen LogP contribution < -0.4 is 16.0 Å². The van der Waals surface area contributed by atoms with E-state index in [0.717, 1.165) is 13.0 Å². The van der Waals surface area contributed by atoms with Crippen molar-refractivity contribution in [2.45, 2.75) is 13.0 Å². The molecule has 1 aromatic heterocycles. The predicted molar refractivity (Wildman–Crippen MR) is 68.4 cm³/mol. The molecule has 96 valence electrons. The second-order valence-electron chi connectivity index (χ2n) is 4.16. The quantitative estimate of drug-likeness (QED) is 0.735. The van der Waals surface area contributed by atoms with Crippen molar-refractivity contribution in [1.29, 1.82) is 0 Å². The van der Waals surface area contributed by atoms with Crippen LogP contribution in [0.2, 0.25) is 0 Å². The van der Waals surface area contributed by atoms with Gasteiger partial charge in [0.15, 0.2) is 5.75 Å². The first-order valence-corrected chi connectivity index (χ1v) is 5.82. The number of nitrogens with zero attached hydrogens (tertiary/aromatic N) is 2. The minimum absolute atomic E-state index is 0.0836. The molecule has 0 saturated heterocycles. The Hall–Kier alpha value is -1.33. The number of aromatic nitrogens is 1. The fraction of sp³-hybridized carbons (Fsp3) is 0.583. The second kappa shape index (κ2) is 7.09. The Labute approximate surface area is 102 Å². The number of nitrogens with two attached hydrogens (primary N) is 1. The van der Waals surface area contributed by atoms with Crippen LogP contribution in [-0.4, -0.2) is 43.3 Å². The molecule has 0 fully saturated rings. The summed E-state index contributed by atoms with van der Waals surface area (Å²) in [7, 11) is 3.93. The van der Waals surface area contributed by atoms with Crippen molar-refractivity contribution in [3.05, 3.63) is 28.7 Å². The third-order valence-corrected chi connectivity index (χ3v) is 2.38. The molecule has 0 spiro atoms. The van der Waals surface area contributed by atoms with Crippen molar-refractivity contribution < 1.29 is 4.74 Å². The fourth-order valence-corrected chi connectivity index (χ4v) is 1.40. The van der Waals surface area contributed by atoms with Crippen LogP contribution in [-0.2, 0) is 6.54 Å². The van der Waals surface area contributed by atoms with Gasteiger partial charge in [-0.25, -0.2) is 0 Å². The third kappa shape index (κ3) is 4.58. The van der Waals surface area contributed by atoms with Crippen LogP contribution in [0, 0.1) is 0 Å². The van der Waals surface area contributed by atoms with Gasteiger partial charge in [-0.05, 0) is 39.2 Å². The van der Waals surface area contributed by atoms with Crippen molar-refractivity contribution in [3.8, 4) is 5.75 Å². The summed E-state index contributed by atoms with van der Waals surface area (Å²) in [4.78, 5) is 13.9. The lowest BCUT2D eigenvalue weighted by atomic mass is 10.4. The molecule has 0 radical (unpaired) electrons. The average Bonchev–Trinajstić information content (AvgIpc) is 2.29. The predicted octanol–water partition coefficient (Wildman–Crippen LogP) is 0.138. The lowest BCUT2D eigenvalue weighted by Crippen LogP contribution is -2.25. The largest absolute Gasteiger partial charge is 0.487 e. The molecule has 0 amide bonds. The lowest BCUT2D eigenvalue weighted by molar-refractivity contribution is 0.257. The molecule has 1 rings (SSSR count). The molecular formula is C12H21N3O2. The van der Waals surface area contributed by atoms with Crippen LogP contribution in [0.4, 0.5) is 0 Å². The van der Waals surface area contributed by atoms with Crippen molar-refractivity contribution in [2.24, 2.45) is 5.73 Å². The Balaban J connectivity index is 2.63. The van der Waals surface area contributed by atoms with E-state index in [4.69, 9.17) is 10.5 Å². The molecular weight excluding hydrogens is 218 g/mol. The van der Waals surface area contributed by atoms with E-state index in [0.29, 0.717) is 25.4 Å². The molecule has 0 atom stereocenters. The molecule has 5 nitrogen and oxygen atoms in total. The maximum atomic E-state index is 11.9. The van der Waals surface area contributed by atoms with Gasteiger partial charge in [0.2, 0.25) is 0 Å². The van der Waals surface area contributed by atoms with E-state index in [2.05, 4.69) is 0 Å². The Morgan fingerprint density at radius 1 is 1.47 bits per heavy atom. The Morgan fingerprint density at radius 3 is 2.88 bits per heavy atom. The molecule has 0 aliphatic carbocycles. The SMILES string of the molecule is CN(C)CCOc1cccn(CCCN)c1=O. The average molecular weight is 239 g/mol. The minimum Gasteiger partial charge on any atom is -0.487 e. The normalized spacial score (nSPS) is 10.8. The zero-order chi connectivity index (χ0) is 12.7. The molecule has 0 bridgehead atoms. The lowest BCUT2D eigenvalue weighted by Gasteiger charge is -2.11. The summed E-state index contributed by atoms with van der Waals surface area (Å²) in [6.07, 6.45) is 2.55. The van der Waals surface area contributed by atoms with Crippen molar-refractivity contribution in [2.75, 3.05) is 33.8 Å². The van der Waals surface area contributed by atoms with Gasteiger partial charge in [0, 0.05) is 19.3 Å². The monoisotopic (exact) mass is 239 g/mol. The summed E-state index contributed by atoms with van der Waals surface area (Å²) < 4.78 is 7.10. The molecule has 0 saturated carbocycles. The van der Waals surface area contributed by atoms with Gasteiger partial charge in [0.05, 0.1) is 0 Å². The maximum absolute atomic E-state index is 11.9.